The summed E-state index contributed by atoms with van der Waals surface area (Å²) in [6.07, 6.45) is 11.2. The van der Waals surface area contributed by atoms with Gasteiger partial charge in [-0.05, 0) is 142 Å². The maximum absolute atomic E-state index is 12.6. The van der Waals surface area contributed by atoms with Crippen LogP contribution in [0, 0.1) is 0 Å². The van der Waals surface area contributed by atoms with Gasteiger partial charge in [0, 0.05) is 121 Å². The lowest BCUT2D eigenvalue weighted by atomic mass is 10.3. The molecule has 0 heterocycles. The fourth-order valence-electron chi connectivity index (χ4n) is 9.16. The highest BCUT2D eigenvalue weighted by Crippen LogP contribution is 2.31. The minimum absolute atomic E-state index is 0.0166. The first-order valence-corrected chi connectivity index (χ1v) is 45.4. The van der Waals surface area contributed by atoms with Crippen LogP contribution in [0.3, 0.4) is 0 Å². The van der Waals surface area contributed by atoms with Crippen molar-refractivity contribution in [1.82, 2.24) is 0 Å². The minimum atomic E-state index is -5.26. The summed E-state index contributed by atoms with van der Waals surface area (Å²) >= 11 is 0. The van der Waals surface area contributed by atoms with Crippen LogP contribution in [-0.2, 0) is 44.1 Å². The van der Waals surface area contributed by atoms with Gasteiger partial charge in [0.05, 0.1) is 24.5 Å². The van der Waals surface area contributed by atoms with Crippen molar-refractivity contribution < 1.29 is 51.6 Å². The zero-order valence-corrected chi connectivity index (χ0v) is 62.5. The third kappa shape index (κ3) is 29.7. The Morgan fingerprint density at radius 3 is 0.954 bits per heavy atom. The van der Waals surface area contributed by atoms with Crippen molar-refractivity contribution in [2.45, 2.75) is 164 Å². The van der Waals surface area contributed by atoms with Crippen LogP contribution in [0.25, 0.3) is 0 Å². The van der Waals surface area contributed by atoms with Crippen molar-refractivity contribution in [3.63, 3.8) is 0 Å². The molecule has 0 radical (unpaired) electrons. The van der Waals surface area contributed by atoms with Crippen molar-refractivity contribution in [1.29, 1.82) is 0 Å². The highest BCUT2D eigenvalue weighted by Gasteiger charge is 2.46. The Morgan fingerprint density at radius 1 is 0.402 bits per heavy atom. The number of carbonyl (C=O) groups excluding carboxylic acids is 1. The molecule has 87 heavy (non-hydrogen) atoms. The second-order valence-corrected chi connectivity index (χ2v) is 38.7. The molecular weight excluding hydrogens is 1250 g/mol. The second-order valence-electron chi connectivity index (χ2n) is 22.3. The zero-order chi connectivity index (χ0) is 65.1. The number of ketones is 1. The number of carbonyl (C=O) groups is 1. The number of halogens is 3. The number of benzene rings is 5. The molecule has 13 nitrogen and oxygen atoms in total. The topological polar surface area (TPSA) is 167 Å². The van der Waals surface area contributed by atoms with E-state index in [2.05, 4.69) is 56.5 Å². The average molecular weight is 1360 g/mol. The van der Waals surface area contributed by atoms with E-state index in [1.165, 1.54) is 119 Å². The van der Waals surface area contributed by atoms with E-state index >= 15 is 0 Å². The molecule has 0 atom stereocenters. The first-order chi connectivity index (χ1) is 41.1. The minimum Gasteiger partial charge on any atom is -0.375 e. The highest BCUT2D eigenvalue weighted by atomic mass is 32.2. The molecule has 5 aromatic rings. The van der Waals surface area contributed by atoms with Gasteiger partial charge in [-0.3, -0.25) is 4.79 Å². The molecular formula is C63H101F3N4O9S4Si4. The van der Waals surface area contributed by atoms with Gasteiger partial charge in [-0.15, -0.1) is 0 Å². The Labute approximate surface area is 531 Å². The number of alkyl halides is 3. The van der Waals surface area contributed by atoms with Crippen LogP contribution in [0.5, 0.6) is 0 Å². The van der Waals surface area contributed by atoms with Crippen LogP contribution < -0.4 is 19.6 Å². The lowest BCUT2D eigenvalue weighted by Gasteiger charge is -2.19. The van der Waals surface area contributed by atoms with Gasteiger partial charge in [-0.25, -0.2) is 33.7 Å². The number of anilines is 4. The van der Waals surface area contributed by atoms with Crippen molar-refractivity contribution in [3.05, 3.63) is 127 Å². The molecule has 0 unspecified atom stereocenters. The molecule has 0 spiro atoms. The Kier molecular flexibility index (Phi) is 37.0. The molecule has 0 fully saturated rings. The van der Waals surface area contributed by atoms with Gasteiger partial charge < -0.3 is 19.6 Å². The van der Waals surface area contributed by atoms with Crippen LogP contribution in [0.15, 0.2) is 152 Å². The van der Waals surface area contributed by atoms with Crippen molar-refractivity contribution >= 4 is 106 Å². The smallest absolute Gasteiger partial charge is 0.375 e. The lowest BCUT2D eigenvalue weighted by Crippen LogP contribution is -2.23. The molecule has 24 heteroatoms. The first-order valence-electron chi connectivity index (χ1n) is 30.9. The number of Topliss-reactive ketones (excluding diaryl/α,β-unsaturated/α-hetero) is 1. The van der Waals surface area contributed by atoms with Gasteiger partial charge in [0.1, 0.15) is 11.5 Å². The van der Waals surface area contributed by atoms with E-state index in [-0.39, 0.29) is 48.8 Å². The van der Waals surface area contributed by atoms with Crippen LogP contribution in [-0.4, -0.2) is 149 Å². The van der Waals surface area contributed by atoms with Crippen molar-refractivity contribution in [2.75, 3.05) is 86.0 Å². The summed E-state index contributed by atoms with van der Waals surface area (Å²) in [5.41, 5.74) is -1.37. The molecule has 5 rings (SSSR count). The van der Waals surface area contributed by atoms with E-state index in [4.69, 9.17) is 0 Å². The van der Waals surface area contributed by atoms with Crippen molar-refractivity contribution in [3.8, 4) is 0 Å². The molecule has 488 valence electrons. The molecule has 0 aliphatic rings. The summed E-state index contributed by atoms with van der Waals surface area (Å²) < 4.78 is 132. The lowest BCUT2D eigenvalue weighted by molar-refractivity contribution is -0.114. The van der Waals surface area contributed by atoms with E-state index in [1.807, 2.05) is 61.5 Å². The van der Waals surface area contributed by atoms with Crippen LogP contribution in [0.1, 0.15) is 86.0 Å². The summed E-state index contributed by atoms with van der Waals surface area (Å²) in [4.78, 5) is 20.1. The maximum Gasteiger partial charge on any atom is 0.501 e. The number of nitrogens with zero attached hydrogens (tertiary/aromatic N) is 4. The molecule has 0 saturated heterocycles. The van der Waals surface area contributed by atoms with E-state index < -0.39 is 55.5 Å². The Hall–Kier alpha value is -4.57. The number of sulfone groups is 4. The summed E-state index contributed by atoms with van der Waals surface area (Å²) in [5, 5.41) is 0. The van der Waals surface area contributed by atoms with E-state index in [1.54, 1.807) is 60.7 Å². The van der Waals surface area contributed by atoms with Gasteiger partial charge in [-0.2, -0.15) is 13.2 Å². The highest BCUT2D eigenvalue weighted by molar-refractivity contribution is 7.92. The summed E-state index contributed by atoms with van der Waals surface area (Å²) in [6.45, 7) is 14.1. The standard InChI is InChI=1S/C19H27NO2SSi.C16H27NO3SSi.C14H22F3NO2SSi.C14H25NO2SSi/c1-3-15-24-16-7-14-20(2)17-10-12-19(13-11-17)23(21,22)18-8-5-4-6-9-18;1-4-11-22-12-5-10-17(3)15-6-8-16(9-7-15)21(19,20)13-14(2)18;1-3-10-22-11-4-9-18(2)12-5-7-13(8-6-12)21(19,20)14(15,16)17;1-4-11-19-12-5-10-15(2)13-6-8-14(9-7-13)18(3,16)17/h4-6,8-13H,3,7,14-16,24H2,1-2H3;6-9H,4-5,10-13,22H2,1-3H3;5-8H,3-4,9-11,22H2,1-2H3;6-9H,4-5,10-12,19H2,1-3H3. The number of hydrogen-bond donors (Lipinski definition) is 0. The SMILES string of the molecule is CCC[SiH2]CCCN(C)c1ccc(S(=O)(=O)C(F)(F)F)cc1.CCC[SiH2]CCCN(C)c1ccc(S(=O)(=O)CC(C)=O)cc1.CCC[SiH2]CCCN(C)c1ccc(S(=O)(=O)c2ccccc2)cc1.CCC[SiH2]CCCN(C)c1ccc(S(C)(=O)=O)cc1. The Balaban J connectivity index is 0.000000397. The van der Waals surface area contributed by atoms with Crippen molar-refractivity contribution in [2.24, 2.45) is 0 Å². The fraction of sp³-hybridized carbons (Fsp3) is 0.508. The Bertz CT molecular complexity index is 3170. The fourth-order valence-corrected chi connectivity index (χ4v) is 18.8. The second kappa shape index (κ2) is 40.9. The number of hydrogen-bond acceptors (Lipinski definition) is 13. The molecule has 5 aromatic carbocycles. The normalized spacial score (nSPS) is 12.2. The third-order valence-electron chi connectivity index (χ3n) is 14.7. The third-order valence-corrected chi connectivity index (χ3v) is 29.7. The summed E-state index contributed by atoms with van der Waals surface area (Å²) in [6, 6.07) is 45.7. The zero-order valence-electron chi connectivity index (χ0n) is 53.5. The number of rotatable bonds is 35. The Morgan fingerprint density at radius 2 is 0.678 bits per heavy atom. The average Bonchev–Trinajstić information content (AvgIpc) is 1.27. The predicted molar refractivity (Wildman–Crippen MR) is 372 cm³/mol. The van der Waals surface area contributed by atoms with Gasteiger partial charge in [0.2, 0.25) is 9.84 Å². The molecule has 0 N–H and O–H groups in total. The molecule has 0 amide bonds. The van der Waals surface area contributed by atoms with Crippen LogP contribution in [0.2, 0.25) is 48.4 Å². The molecule has 0 aliphatic carbocycles. The van der Waals surface area contributed by atoms with E-state index in [0.29, 0.717) is 14.7 Å². The first kappa shape index (κ1) is 78.5. The summed E-state index contributed by atoms with van der Waals surface area (Å²) in [5.74, 6) is -0.762. The van der Waals surface area contributed by atoms with E-state index in [0.717, 1.165) is 67.5 Å². The quantitative estimate of drug-likeness (QED) is 0.0278. The van der Waals surface area contributed by atoms with Crippen LogP contribution in [0.4, 0.5) is 35.9 Å². The van der Waals surface area contributed by atoms with E-state index in [9.17, 15) is 51.6 Å². The largest absolute Gasteiger partial charge is 0.501 e. The summed E-state index contributed by atoms with van der Waals surface area (Å²) in [7, 11) is -6.82. The van der Waals surface area contributed by atoms with Gasteiger partial charge in [0.25, 0.3) is 9.84 Å². The monoisotopic (exact) mass is 1350 g/mol. The van der Waals surface area contributed by atoms with Gasteiger partial charge in [0.15, 0.2) is 19.7 Å². The molecule has 0 aromatic heterocycles. The van der Waals surface area contributed by atoms with Gasteiger partial charge >= 0.3 is 5.51 Å². The van der Waals surface area contributed by atoms with Gasteiger partial charge in [-0.1, -0.05) is 120 Å². The molecule has 0 bridgehead atoms. The predicted octanol–water partition coefficient (Wildman–Crippen LogP) is 11.6. The molecule has 0 saturated carbocycles. The molecule has 0 aliphatic heterocycles. The maximum atomic E-state index is 12.6. The van der Waals surface area contributed by atoms with Crippen LogP contribution >= 0.6 is 0 Å².